The number of carbonyl (C=O) groups is 2. The molecule has 198 valence electrons. The monoisotopic (exact) mass is 529 g/mol. The average molecular weight is 530 g/mol. The van der Waals surface area contributed by atoms with Crippen molar-refractivity contribution in [3.63, 3.8) is 0 Å². The van der Waals surface area contributed by atoms with Crippen LogP contribution >= 0.6 is 0 Å². The summed E-state index contributed by atoms with van der Waals surface area (Å²) in [6.45, 7) is 1.28. The molecule has 4 rings (SSSR count). The number of carbonyl (C=O) groups excluding carboxylic acids is 2. The lowest BCUT2D eigenvalue weighted by atomic mass is 10.1. The Kier molecular flexibility index (Phi) is 7.98. The summed E-state index contributed by atoms with van der Waals surface area (Å²) in [7, 11) is 1.43. The summed E-state index contributed by atoms with van der Waals surface area (Å²) in [5, 5.41) is 14.4. The highest BCUT2D eigenvalue weighted by Crippen LogP contribution is 2.19. The van der Waals surface area contributed by atoms with E-state index in [1.165, 1.54) is 55.0 Å². The van der Waals surface area contributed by atoms with Crippen molar-refractivity contribution in [2.75, 3.05) is 24.4 Å². The zero-order valence-corrected chi connectivity index (χ0v) is 21.2. The minimum atomic E-state index is -0.660. The van der Waals surface area contributed by atoms with E-state index in [0.29, 0.717) is 11.3 Å². The van der Waals surface area contributed by atoms with Crippen molar-refractivity contribution in [1.82, 2.24) is 9.13 Å². The molecule has 0 aliphatic carbocycles. The smallest absolute Gasteiger partial charge is 0.331 e. The van der Waals surface area contributed by atoms with E-state index in [1.54, 1.807) is 18.2 Å². The van der Waals surface area contributed by atoms with E-state index in [9.17, 15) is 23.6 Å². The van der Waals surface area contributed by atoms with Gasteiger partial charge in [0, 0.05) is 29.6 Å². The SMILES string of the molecule is COCCn1c(=O)c2cc(NC(=O)Nc3cccc(C(C)=O)c3)ccc2n(Cc2ccc(C#N)cc2F)c1=O. The number of hydrogen-bond acceptors (Lipinski definition) is 6. The van der Waals surface area contributed by atoms with Crippen LogP contribution in [-0.2, 0) is 17.8 Å². The number of aromatic nitrogens is 2. The molecule has 0 aliphatic rings. The highest BCUT2D eigenvalue weighted by atomic mass is 19.1. The van der Waals surface area contributed by atoms with Gasteiger partial charge in [0.15, 0.2) is 5.78 Å². The van der Waals surface area contributed by atoms with Gasteiger partial charge in [-0.3, -0.25) is 18.7 Å². The van der Waals surface area contributed by atoms with Crippen LogP contribution in [0.25, 0.3) is 10.9 Å². The molecule has 4 aromatic rings. The fraction of sp³-hybridized carbons (Fsp3) is 0.179. The zero-order valence-electron chi connectivity index (χ0n) is 21.2. The molecular formula is C28H24FN5O5. The molecule has 0 saturated carbocycles. The van der Waals surface area contributed by atoms with Crippen molar-refractivity contribution in [2.45, 2.75) is 20.0 Å². The first-order chi connectivity index (χ1) is 18.7. The Hall–Kier alpha value is -5.08. The maximum atomic E-state index is 14.7. The Labute approximate surface area is 221 Å². The lowest BCUT2D eigenvalue weighted by molar-refractivity contribution is 0.101. The summed E-state index contributed by atoms with van der Waals surface area (Å²) in [5.74, 6) is -0.808. The van der Waals surface area contributed by atoms with Gasteiger partial charge in [0.2, 0.25) is 0 Å². The second-order valence-electron chi connectivity index (χ2n) is 8.68. The van der Waals surface area contributed by atoms with Crippen molar-refractivity contribution < 1.29 is 18.7 Å². The van der Waals surface area contributed by atoms with Crippen LogP contribution in [0.5, 0.6) is 0 Å². The molecule has 0 saturated heterocycles. The molecule has 3 aromatic carbocycles. The van der Waals surface area contributed by atoms with Crippen LogP contribution < -0.4 is 21.9 Å². The highest BCUT2D eigenvalue weighted by molar-refractivity contribution is 6.02. The number of Topliss-reactive ketones (excluding diaryl/α,β-unsaturated/α-hetero) is 1. The minimum Gasteiger partial charge on any atom is -0.383 e. The summed E-state index contributed by atoms with van der Waals surface area (Å²) in [5.41, 5.74) is 0.395. The van der Waals surface area contributed by atoms with Gasteiger partial charge >= 0.3 is 11.7 Å². The second kappa shape index (κ2) is 11.5. The first kappa shape index (κ1) is 27.0. The van der Waals surface area contributed by atoms with Gasteiger partial charge in [-0.05, 0) is 49.4 Å². The van der Waals surface area contributed by atoms with Crippen LogP contribution in [0.4, 0.5) is 20.6 Å². The molecule has 11 heteroatoms. The van der Waals surface area contributed by atoms with Crippen molar-refractivity contribution in [3.05, 3.63) is 104 Å². The third-order valence-corrected chi connectivity index (χ3v) is 6.04. The normalized spacial score (nSPS) is 10.7. The fourth-order valence-electron chi connectivity index (χ4n) is 4.06. The molecule has 2 N–H and O–H groups in total. The van der Waals surface area contributed by atoms with E-state index in [0.717, 1.165) is 10.6 Å². The Bertz CT molecular complexity index is 1750. The van der Waals surface area contributed by atoms with Crippen LogP contribution in [0.15, 0.2) is 70.3 Å². The van der Waals surface area contributed by atoms with Crippen LogP contribution in [0.3, 0.4) is 0 Å². The molecule has 10 nitrogen and oxygen atoms in total. The number of rotatable bonds is 8. The third kappa shape index (κ3) is 5.92. The van der Waals surface area contributed by atoms with Gasteiger partial charge in [-0.2, -0.15) is 5.26 Å². The molecule has 0 fully saturated rings. The van der Waals surface area contributed by atoms with Crippen LogP contribution in [-0.4, -0.2) is 34.7 Å². The minimum absolute atomic E-state index is 0.0371. The van der Waals surface area contributed by atoms with Crippen LogP contribution in [0.1, 0.15) is 28.4 Å². The molecule has 2 amide bonds. The first-order valence-corrected chi connectivity index (χ1v) is 11.9. The van der Waals surface area contributed by atoms with Gasteiger partial charge in [0.1, 0.15) is 5.82 Å². The number of fused-ring (bicyclic) bond motifs is 1. The predicted octanol–water partition coefficient (Wildman–Crippen LogP) is 3.72. The quantitative estimate of drug-likeness (QED) is 0.334. The molecule has 1 heterocycles. The molecule has 0 spiro atoms. The van der Waals surface area contributed by atoms with E-state index in [2.05, 4.69) is 10.6 Å². The van der Waals surface area contributed by atoms with E-state index in [-0.39, 0.29) is 53.2 Å². The summed E-state index contributed by atoms with van der Waals surface area (Å²) in [4.78, 5) is 50.8. The summed E-state index contributed by atoms with van der Waals surface area (Å²) in [6, 6.07) is 16.1. The lowest BCUT2D eigenvalue weighted by Gasteiger charge is -2.16. The summed E-state index contributed by atoms with van der Waals surface area (Å²) >= 11 is 0. The Morgan fingerprint density at radius 2 is 1.74 bits per heavy atom. The number of benzene rings is 3. The number of nitrogens with zero attached hydrogens (tertiary/aromatic N) is 3. The van der Waals surface area contributed by atoms with Gasteiger partial charge in [-0.1, -0.05) is 18.2 Å². The van der Waals surface area contributed by atoms with Crippen molar-refractivity contribution >= 4 is 34.1 Å². The molecule has 0 bridgehead atoms. The molecular weight excluding hydrogens is 505 g/mol. The van der Waals surface area contributed by atoms with Crippen LogP contribution in [0.2, 0.25) is 0 Å². The topological polar surface area (TPSA) is 135 Å². The number of ketones is 1. The number of nitrogens with one attached hydrogen (secondary N) is 2. The number of ether oxygens (including phenoxy) is 1. The van der Waals surface area contributed by atoms with Gasteiger partial charge in [-0.25, -0.2) is 14.0 Å². The Morgan fingerprint density at radius 3 is 2.41 bits per heavy atom. The lowest BCUT2D eigenvalue weighted by Crippen LogP contribution is -2.41. The van der Waals surface area contributed by atoms with Gasteiger partial charge in [0.25, 0.3) is 5.56 Å². The van der Waals surface area contributed by atoms with Gasteiger partial charge < -0.3 is 15.4 Å². The largest absolute Gasteiger partial charge is 0.383 e. The number of urea groups is 1. The summed E-state index contributed by atoms with van der Waals surface area (Å²) < 4.78 is 22.0. The number of nitriles is 1. The number of amides is 2. The number of anilines is 2. The standard InChI is InChI=1S/C28H24FN5O5/c1-17(35)19-4-3-5-21(13-19)31-27(37)32-22-8-9-25-23(14-22)26(36)33(10-11-39-2)28(38)34(25)16-20-7-6-18(15-30)12-24(20)29/h3-9,12-14H,10-11,16H2,1-2H3,(H2,31,32,37). The molecule has 0 radical (unpaired) electrons. The van der Waals surface area contributed by atoms with Crippen molar-refractivity contribution in [3.8, 4) is 6.07 Å². The third-order valence-electron chi connectivity index (χ3n) is 6.04. The second-order valence-corrected chi connectivity index (χ2v) is 8.68. The molecule has 0 atom stereocenters. The van der Waals surface area contributed by atoms with E-state index >= 15 is 0 Å². The van der Waals surface area contributed by atoms with E-state index in [1.807, 2.05) is 6.07 Å². The van der Waals surface area contributed by atoms with E-state index < -0.39 is 23.1 Å². The maximum absolute atomic E-state index is 14.7. The number of halogens is 1. The number of hydrogen-bond donors (Lipinski definition) is 2. The summed E-state index contributed by atoms with van der Waals surface area (Å²) in [6.07, 6.45) is 0. The molecule has 1 aromatic heterocycles. The van der Waals surface area contributed by atoms with Crippen LogP contribution in [0, 0.1) is 17.1 Å². The molecule has 0 aliphatic heterocycles. The fourth-order valence-corrected chi connectivity index (χ4v) is 4.06. The molecule has 0 unspecified atom stereocenters. The van der Waals surface area contributed by atoms with Crippen molar-refractivity contribution in [1.29, 1.82) is 5.26 Å². The maximum Gasteiger partial charge on any atom is 0.331 e. The number of methoxy groups -OCH3 is 1. The highest BCUT2D eigenvalue weighted by Gasteiger charge is 2.16. The average Bonchev–Trinajstić information content (AvgIpc) is 2.92. The van der Waals surface area contributed by atoms with Gasteiger partial charge in [0.05, 0.1) is 42.2 Å². The Morgan fingerprint density at radius 1 is 1.00 bits per heavy atom. The zero-order chi connectivity index (χ0) is 28.1. The molecule has 39 heavy (non-hydrogen) atoms. The van der Waals surface area contributed by atoms with Gasteiger partial charge in [-0.15, -0.1) is 0 Å². The predicted molar refractivity (Wildman–Crippen MR) is 144 cm³/mol. The Balaban J connectivity index is 1.72. The van der Waals surface area contributed by atoms with Crippen molar-refractivity contribution in [2.24, 2.45) is 0 Å². The van der Waals surface area contributed by atoms with E-state index in [4.69, 9.17) is 10.00 Å². The first-order valence-electron chi connectivity index (χ1n) is 11.9.